The van der Waals surface area contributed by atoms with E-state index >= 15 is 0 Å². The highest BCUT2D eigenvalue weighted by atomic mass is 19.4. The molecule has 6 heteroatoms. The molecule has 0 aliphatic heterocycles. The molecule has 0 bridgehead atoms. The maximum absolute atomic E-state index is 13.5. The van der Waals surface area contributed by atoms with E-state index in [0.29, 0.717) is 31.2 Å². The van der Waals surface area contributed by atoms with Crippen LogP contribution in [0.1, 0.15) is 35.2 Å². The molecule has 29 heavy (non-hydrogen) atoms. The summed E-state index contributed by atoms with van der Waals surface area (Å²) >= 11 is 0. The molecule has 1 aliphatic carbocycles. The van der Waals surface area contributed by atoms with Crippen LogP contribution in [0.2, 0.25) is 0 Å². The van der Waals surface area contributed by atoms with Crippen LogP contribution in [0.4, 0.5) is 17.6 Å². The molecule has 0 radical (unpaired) electrons. The van der Waals surface area contributed by atoms with E-state index in [9.17, 15) is 17.6 Å². The summed E-state index contributed by atoms with van der Waals surface area (Å²) in [5.41, 5.74) is 1.94. The van der Waals surface area contributed by atoms with E-state index in [2.05, 4.69) is 4.90 Å². The van der Waals surface area contributed by atoms with Crippen molar-refractivity contribution in [3.05, 3.63) is 95.1 Å². The van der Waals surface area contributed by atoms with Gasteiger partial charge in [0.15, 0.2) is 0 Å². The summed E-state index contributed by atoms with van der Waals surface area (Å²) in [5.74, 6) is -0.244. The average Bonchev–Trinajstić information content (AvgIpc) is 3.43. The lowest BCUT2D eigenvalue weighted by Crippen LogP contribution is -2.26. The molecule has 1 aliphatic rings. The van der Waals surface area contributed by atoms with Crippen molar-refractivity contribution in [1.29, 1.82) is 0 Å². The van der Waals surface area contributed by atoms with Gasteiger partial charge in [-0.15, -0.1) is 0 Å². The zero-order valence-corrected chi connectivity index (χ0v) is 15.9. The topological polar surface area (TPSA) is 8.17 Å². The highest BCUT2D eigenvalue weighted by Gasteiger charge is 2.31. The Morgan fingerprint density at radius 3 is 2.38 bits per heavy atom. The molecular weight excluding hydrogens is 380 g/mol. The standard InChI is InChI=1S/C23H22F4N2/c24-20-7-2-5-18(13-20)15-29(21-9-10-21)16-22-8-3-11-28(22)14-17-4-1-6-19(12-17)23(25,26)27/h1-8,11-13,21H,9-10,14-16H2. The molecule has 0 N–H and O–H groups in total. The third-order valence-corrected chi connectivity index (χ3v) is 5.23. The molecule has 0 amide bonds. The summed E-state index contributed by atoms with van der Waals surface area (Å²) in [6.07, 6.45) is -0.223. The lowest BCUT2D eigenvalue weighted by molar-refractivity contribution is -0.137. The van der Waals surface area contributed by atoms with Crippen LogP contribution in [0.5, 0.6) is 0 Å². The van der Waals surface area contributed by atoms with E-state index in [-0.39, 0.29) is 5.82 Å². The van der Waals surface area contributed by atoms with Gasteiger partial charge in [0.05, 0.1) is 5.56 Å². The van der Waals surface area contributed by atoms with Crippen LogP contribution in [0.15, 0.2) is 66.9 Å². The monoisotopic (exact) mass is 402 g/mol. The average molecular weight is 402 g/mol. The van der Waals surface area contributed by atoms with Crippen LogP contribution in [0.25, 0.3) is 0 Å². The van der Waals surface area contributed by atoms with Gasteiger partial charge >= 0.3 is 6.18 Å². The molecule has 2 aromatic carbocycles. The van der Waals surface area contributed by atoms with Gasteiger partial charge in [0.25, 0.3) is 0 Å². The smallest absolute Gasteiger partial charge is 0.346 e. The summed E-state index contributed by atoms with van der Waals surface area (Å²) in [7, 11) is 0. The Kier molecular flexibility index (Phi) is 5.46. The van der Waals surface area contributed by atoms with Crippen LogP contribution in [0, 0.1) is 5.82 Å². The van der Waals surface area contributed by atoms with Crippen molar-refractivity contribution in [2.75, 3.05) is 0 Å². The molecule has 1 fully saturated rings. The van der Waals surface area contributed by atoms with Crippen LogP contribution in [-0.2, 0) is 25.8 Å². The van der Waals surface area contributed by atoms with Crippen LogP contribution in [-0.4, -0.2) is 15.5 Å². The van der Waals surface area contributed by atoms with E-state index in [1.165, 1.54) is 18.2 Å². The van der Waals surface area contributed by atoms with E-state index in [4.69, 9.17) is 0 Å². The molecule has 1 heterocycles. The molecule has 1 aromatic heterocycles. The Balaban J connectivity index is 1.50. The summed E-state index contributed by atoms with van der Waals surface area (Å²) in [6, 6.07) is 16.4. The number of alkyl halides is 3. The van der Waals surface area contributed by atoms with Gasteiger partial charge in [-0.25, -0.2) is 4.39 Å². The zero-order valence-electron chi connectivity index (χ0n) is 15.9. The molecule has 2 nitrogen and oxygen atoms in total. The Labute approximate surface area is 167 Å². The molecule has 4 rings (SSSR count). The molecule has 0 spiro atoms. The Bertz CT molecular complexity index is 973. The highest BCUT2D eigenvalue weighted by Crippen LogP contribution is 2.31. The van der Waals surface area contributed by atoms with Gasteiger partial charge in [-0.1, -0.05) is 24.3 Å². The maximum atomic E-state index is 13.5. The molecule has 3 aromatic rings. The fraction of sp³-hybridized carbons (Fsp3) is 0.304. The van der Waals surface area contributed by atoms with Crippen molar-refractivity contribution < 1.29 is 17.6 Å². The van der Waals surface area contributed by atoms with Gasteiger partial charge in [0.2, 0.25) is 0 Å². The van der Waals surface area contributed by atoms with Gasteiger partial charge in [-0.05, 0) is 60.4 Å². The van der Waals surface area contributed by atoms with Crippen molar-refractivity contribution in [3.63, 3.8) is 0 Å². The number of nitrogens with zero attached hydrogens (tertiary/aromatic N) is 2. The van der Waals surface area contributed by atoms with Crippen molar-refractivity contribution in [2.24, 2.45) is 0 Å². The van der Waals surface area contributed by atoms with E-state index in [1.807, 2.05) is 29.0 Å². The maximum Gasteiger partial charge on any atom is 0.416 e. The second-order valence-electron chi connectivity index (χ2n) is 7.59. The predicted molar refractivity (Wildman–Crippen MR) is 104 cm³/mol. The molecule has 0 unspecified atom stereocenters. The fourth-order valence-electron chi connectivity index (χ4n) is 3.62. The molecule has 1 saturated carbocycles. The minimum Gasteiger partial charge on any atom is -0.346 e. The van der Waals surface area contributed by atoms with Gasteiger partial charge in [-0.2, -0.15) is 13.2 Å². The molecular formula is C23H22F4N2. The number of halogens is 4. The SMILES string of the molecule is Fc1cccc(CN(Cc2cccn2Cc2cccc(C(F)(F)F)c2)C2CC2)c1. The number of rotatable bonds is 7. The second-order valence-corrected chi connectivity index (χ2v) is 7.59. The Morgan fingerprint density at radius 2 is 1.66 bits per heavy atom. The predicted octanol–water partition coefficient (Wildman–Crippen LogP) is 5.86. The molecule has 152 valence electrons. The summed E-state index contributed by atoms with van der Waals surface area (Å²) < 4.78 is 54.5. The van der Waals surface area contributed by atoms with Gasteiger partial charge < -0.3 is 4.57 Å². The summed E-state index contributed by atoms with van der Waals surface area (Å²) in [4.78, 5) is 2.31. The number of benzene rings is 2. The largest absolute Gasteiger partial charge is 0.416 e. The van der Waals surface area contributed by atoms with Crippen LogP contribution in [0.3, 0.4) is 0 Å². The first-order valence-corrected chi connectivity index (χ1v) is 9.67. The van der Waals surface area contributed by atoms with Gasteiger partial charge in [0, 0.05) is 37.6 Å². The summed E-state index contributed by atoms with van der Waals surface area (Å²) in [5, 5.41) is 0. The van der Waals surface area contributed by atoms with Crippen molar-refractivity contribution in [1.82, 2.24) is 9.47 Å². The quantitative estimate of drug-likeness (QED) is 0.450. The van der Waals surface area contributed by atoms with Crippen molar-refractivity contribution in [3.8, 4) is 0 Å². The first kappa shape index (κ1) is 19.7. The first-order chi connectivity index (χ1) is 13.9. The molecule has 0 saturated heterocycles. The van der Waals surface area contributed by atoms with Crippen molar-refractivity contribution >= 4 is 0 Å². The number of hydrogen-bond acceptors (Lipinski definition) is 1. The Morgan fingerprint density at radius 1 is 0.897 bits per heavy atom. The van der Waals surface area contributed by atoms with E-state index < -0.39 is 11.7 Å². The number of aromatic nitrogens is 1. The Hall–Kier alpha value is -2.60. The van der Waals surface area contributed by atoms with Crippen LogP contribution < -0.4 is 0 Å². The van der Waals surface area contributed by atoms with E-state index in [1.54, 1.807) is 18.2 Å². The fourth-order valence-corrected chi connectivity index (χ4v) is 3.62. The molecule has 0 atom stereocenters. The first-order valence-electron chi connectivity index (χ1n) is 9.67. The van der Waals surface area contributed by atoms with E-state index in [0.717, 1.165) is 30.2 Å². The lowest BCUT2D eigenvalue weighted by atomic mass is 10.1. The second kappa shape index (κ2) is 8.03. The third-order valence-electron chi connectivity index (χ3n) is 5.23. The number of hydrogen-bond donors (Lipinski definition) is 0. The zero-order chi connectivity index (χ0) is 20.4. The minimum absolute atomic E-state index is 0.244. The third kappa shape index (κ3) is 5.07. The minimum atomic E-state index is -4.34. The lowest BCUT2D eigenvalue weighted by Gasteiger charge is -2.23. The normalized spacial score (nSPS) is 14.5. The van der Waals surface area contributed by atoms with Gasteiger partial charge in [0.1, 0.15) is 5.82 Å². The van der Waals surface area contributed by atoms with Crippen LogP contribution >= 0.6 is 0 Å². The van der Waals surface area contributed by atoms with Gasteiger partial charge in [-0.3, -0.25) is 4.90 Å². The van der Waals surface area contributed by atoms with Crippen molar-refractivity contribution in [2.45, 2.75) is 44.7 Å². The summed E-state index contributed by atoms with van der Waals surface area (Å²) in [6.45, 7) is 1.70. The highest BCUT2D eigenvalue weighted by molar-refractivity contribution is 5.26.